The highest BCUT2D eigenvalue weighted by Gasteiger charge is 2.14. The number of ether oxygens (including phenoxy) is 3. The minimum atomic E-state index is -0.370. The highest BCUT2D eigenvalue weighted by molar-refractivity contribution is 5.91. The van der Waals surface area contributed by atoms with E-state index in [0.29, 0.717) is 23.7 Å². The molecule has 0 amide bonds. The number of carbonyl (C=O) groups is 1. The Hall–Kier alpha value is -2.33. The summed E-state index contributed by atoms with van der Waals surface area (Å²) in [6.45, 7) is 8.08. The molecule has 2 rings (SSSR count). The number of esters is 1. The van der Waals surface area contributed by atoms with Crippen LogP contribution in [0.15, 0.2) is 48.5 Å². The first-order chi connectivity index (χ1) is 26.7. The van der Waals surface area contributed by atoms with E-state index >= 15 is 0 Å². The normalized spacial score (nSPS) is 11.9. The summed E-state index contributed by atoms with van der Waals surface area (Å²) in [7, 11) is 0. The molecule has 4 heteroatoms. The van der Waals surface area contributed by atoms with Gasteiger partial charge in [-0.25, -0.2) is 4.79 Å². The zero-order valence-electron chi connectivity index (χ0n) is 35.7. The molecule has 0 spiro atoms. The van der Waals surface area contributed by atoms with Crippen LogP contribution in [-0.4, -0.2) is 19.2 Å². The first-order valence-corrected chi connectivity index (χ1v) is 23.3. The maximum absolute atomic E-state index is 13.0. The Balaban J connectivity index is 1.48. The van der Waals surface area contributed by atoms with Crippen LogP contribution in [0.3, 0.4) is 0 Å². The third kappa shape index (κ3) is 25.7. The highest BCUT2D eigenvalue weighted by atomic mass is 16.6. The minimum absolute atomic E-state index is 0.0000898. The second-order valence-electron chi connectivity index (χ2n) is 16.1. The maximum Gasteiger partial charge on any atom is 0.343 e. The summed E-state index contributed by atoms with van der Waals surface area (Å²) < 4.78 is 18.0. The van der Waals surface area contributed by atoms with Crippen LogP contribution in [0.1, 0.15) is 242 Å². The van der Waals surface area contributed by atoms with Crippen molar-refractivity contribution in [2.45, 2.75) is 226 Å². The van der Waals surface area contributed by atoms with Crippen LogP contribution in [0.2, 0.25) is 0 Å². The second kappa shape index (κ2) is 35.1. The summed E-state index contributed by atoms with van der Waals surface area (Å²) >= 11 is 0. The number of unbranched alkanes of at least 4 members (excludes halogenated alkanes) is 29. The fourth-order valence-corrected chi connectivity index (χ4v) is 7.36. The molecular formula is C50H84O4. The van der Waals surface area contributed by atoms with Gasteiger partial charge in [0.15, 0.2) is 11.5 Å². The zero-order chi connectivity index (χ0) is 38.6. The fraction of sp³-hybridized carbons (Fsp3) is 0.740. The van der Waals surface area contributed by atoms with Crippen molar-refractivity contribution >= 4 is 5.97 Å². The molecule has 0 bridgehead atoms. The molecule has 0 saturated heterocycles. The quantitative estimate of drug-likeness (QED) is 0.0390. The molecule has 0 aliphatic rings. The number of benzene rings is 2. The van der Waals surface area contributed by atoms with Crippen molar-refractivity contribution in [2.24, 2.45) is 0 Å². The third-order valence-electron chi connectivity index (χ3n) is 11.0. The van der Waals surface area contributed by atoms with Crippen LogP contribution in [0.4, 0.5) is 0 Å². The van der Waals surface area contributed by atoms with Gasteiger partial charge in [0.25, 0.3) is 0 Å². The van der Waals surface area contributed by atoms with Crippen molar-refractivity contribution in [3.63, 3.8) is 0 Å². The molecule has 0 aliphatic carbocycles. The summed E-state index contributed by atoms with van der Waals surface area (Å²) in [6, 6.07) is 15.1. The average Bonchev–Trinajstić information content (AvgIpc) is 3.19. The van der Waals surface area contributed by atoms with Gasteiger partial charge >= 0.3 is 5.97 Å². The Morgan fingerprint density at radius 1 is 0.444 bits per heavy atom. The van der Waals surface area contributed by atoms with Gasteiger partial charge in [-0.1, -0.05) is 224 Å². The predicted molar refractivity (Wildman–Crippen MR) is 232 cm³/mol. The van der Waals surface area contributed by atoms with E-state index in [2.05, 4.69) is 20.8 Å². The summed E-state index contributed by atoms with van der Waals surface area (Å²) in [4.78, 5) is 13.0. The summed E-state index contributed by atoms with van der Waals surface area (Å²) in [6.07, 6.45) is 42.2. The van der Waals surface area contributed by atoms with E-state index in [-0.39, 0.29) is 12.1 Å². The molecule has 1 atom stereocenters. The van der Waals surface area contributed by atoms with Gasteiger partial charge in [0.05, 0.1) is 18.3 Å². The lowest BCUT2D eigenvalue weighted by Crippen LogP contribution is -2.10. The molecule has 308 valence electrons. The smallest absolute Gasteiger partial charge is 0.343 e. The molecule has 0 N–H and O–H groups in total. The van der Waals surface area contributed by atoms with Crippen LogP contribution in [-0.2, 0) is 4.74 Å². The third-order valence-corrected chi connectivity index (χ3v) is 11.0. The van der Waals surface area contributed by atoms with Crippen LogP contribution in [0, 0.1) is 0 Å². The topological polar surface area (TPSA) is 44.8 Å². The lowest BCUT2D eigenvalue weighted by Gasteiger charge is -2.14. The molecule has 54 heavy (non-hydrogen) atoms. The minimum Gasteiger partial charge on any atom is -0.490 e. The van der Waals surface area contributed by atoms with E-state index in [0.717, 1.165) is 25.0 Å². The Morgan fingerprint density at radius 2 is 0.796 bits per heavy atom. The maximum atomic E-state index is 13.0. The van der Waals surface area contributed by atoms with Crippen molar-refractivity contribution in [3.05, 3.63) is 59.7 Å². The van der Waals surface area contributed by atoms with Crippen LogP contribution < -0.4 is 9.47 Å². The van der Waals surface area contributed by atoms with E-state index in [9.17, 15) is 4.79 Å². The molecule has 1 unspecified atom stereocenters. The van der Waals surface area contributed by atoms with Gasteiger partial charge in [-0.3, -0.25) is 0 Å². The van der Waals surface area contributed by atoms with E-state index < -0.39 is 0 Å². The number of rotatable bonds is 38. The molecule has 2 aromatic rings. The van der Waals surface area contributed by atoms with Crippen LogP contribution in [0.5, 0.6) is 11.5 Å². The van der Waals surface area contributed by atoms with Crippen LogP contribution in [0.25, 0.3) is 0 Å². The molecule has 0 radical (unpaired) electrons. The van der Waals surface area contributed by atoms with E-state index in [1.54, 1.807) is 6.07 Å². The number of para-hydroxylation sites is 2. The summed E-state index contributed by atoms with van der Waals surface area (Å²) in [5, 5.41) is 0. The first kappa shape index (κ1) is 47.8. The number of hydrogen-bond acceptors (Lipinski definition) is 4. The molecule has 4 nitrogen and oxygen atoms in total. The van der Waals surface area contributed by atoms with Crippen molar-refractivity contribution in [3.8, 4) is 11.5 Å². The van der Waals surface area contributed by atoms with E-state index in [4.69, 9.17) is 14.2 Å². The highest BCUT2D eigenvalue weighted by Crippen LogP contribution is 2.28. The largest absolute Gasteiger partial charge is 0.490 e. The van der Waals surface area contributed by atoms with Crippen molar-refractivity contribution in [1.29, 1.82) is 0 Å². The van der Waals surface area contributed by atoms with Gasteiger partial charge in [0.1, 0.15) is 0 Å². The van der Waals surface area contributed by atoms with E-state index in [1.807, 2.05) is 42.5 Å². The van der Waals surface area contributed by atoms with Gasteiger partial charge in [-0.15, -0.1) is 0 Å². The summed E-state index contributed by atoms with van der Waals surface area (Å²) in [5.41, 5.74) is 1.61. The zero-order valence-corrected chi connectivity index (χ0v) is 35.7. The fourth-order valence-electron chi connectivity index (χ4n) is 7.36. The molecule has 0 fully saturated rings. The van der Waals surface area contributed by atoms with Gasteiger partial charge < -0.3 is 14.2 Å². The van der Waals surface area contributed by atoms with Gasteiger partial charge in [-0.2, -0.15) is 0 Å². The lowest BCUT2D eigenvalue weighted by atomic mass is 10.0. The monoisotopic (exact) mass is 749 g/mol. The summed E-state index contributed by atoms with van der Waals surface area (Å²) in [5.74, 6) is 0.733. The Labute approximate surface area is 334 Å². The van der Waals surface area contributed by atoms with Crippen molar-refractivity contribution in [1.82, 2.24) is 0 Å². The average molecular weight is 749 g/mol. The number of hydrogen-bond donors (Lipinski definition) is 0. The lowest BCUT2D eigenvalue weighted by molar-refractivity contribution is 0.0625. The van der Waals surface area contributed by atoms with Gasteiger partial charge in [0, 0.05) is 6.61 Å². The van der Waals surface area contributed by atoms with Crippen molar-refractivity contribution < 1.29 is 19.0 Å². The Morgan fingerprint density at radius 3 is 1.20 bits per heavy atom. The molecule has 0 aromatic heterocycles. The standard InChI is InChI=1S/C50H84O4/c1-4-6-8-10-12-14-16-18-19-20-21-22-24-25-27-29-31-35-43-52-45(3)46-39-41-47(42-40-46)50(51)54-49-38-34-33-37-48(49)53-44-36-32-30-28-26-23-17-15-13-11-9-7-5-2/h33-34,37-42,45H,4-32,35-36,43-44H2,1-3H3. The SMILES string of the molecule is CCCCCCCCCCCCCCCCCCCCOC(C)c1ccc(C(=O)Oc2ccccc2OCCCCCCCCCCCCCCC)cc1. The predicted octanol–water partition coefficient (Wildman–Crippen LogP) is 16.5. The van der Waals surface area contributed by atoms with Crippen molar-refractivity contribution in [2.75, 3.05) is 13.2 Å². The molecule has 0 saturated carbocycles. The Kier molecular flexibility index (Phi) is 31.1. The number of carbonyl (C=O) groups excluding carboxylic acids is 1. The molecular weight excluding hydrogens is 665 g/mol. The van der Waals surface area contributed by atoms with E-state index in [1.165, 1.54) is 186 Å². The first-order valence-electron chi connectivity index (χ1n) is 23.3. The molecule has 0 aliphatic heterocycles. The second-order valence-corrected chi connectivity index (χ2v) is 16.1. The Bertz CT molecular complexity index is 1110. The van der Waals surface area contributed by atoms with Gasteiger partial charge in [0.2, 0.25) is 0 Å². The van der Waals surface area contributed by atoms with Gasteiger partial charge in [-0.05, 0) is 49.6 Å². The van der Waals surface area contributed by atoms with Crippen LogP contribution >= 0.6 is 0 Å². The molecule has 2 aromatic carbocycles. The molecule has 0 heterocycles.